The Balaban J connectivity index is 1.44. The van der Waals surface area contributed by atoms with Gasteiger partial charge in [0.2, 0.25) is 5.91 Å². The van der Waals surface area contributed by atoms with Crippen molar-refractivity contribution in [1.29, 1.82) is 0 Å². The maximum atomic E-state index is 13.5. The minimum absolute atomic E-state index is 0.0972. The lowest BCUT2D eigenvalue weighted by Crippen LogP contribution is -2.64. The van der Waals surface area contributed by atoms with Crippen molar-refractivity contribution in [1.82, 2.24) is 10.2 Å². The van der Waals surface area contributed by atoms with Crippen molar-refractivity contribution in [3.05, 3.63) is 101 Å². The molecule has 0 bridgehead atoms. The van der Waals surface area contributed by atoms with E-state index in [0.29, 0.717) is 18.5 Å². The molecule has 1 amide bonds. The predicted molar refractivity (Wildman–Crippen MR) is 136 cm³/mol. The third-order valence-electron chi connectivity index (χ3n) is 7.43. The summed E-state index contributed by atoms with van der Waals surface area (Å²) in [6.07, 6.45) is 1.37. The number of carbonyl (C=O) groups excluding carboxylic acids is 1. The van der Waals surface area contributed by atoms with Gasteiger partial charge in [-0.15, -0.1) is 0 Å². The van der Waals surface area contributed by atoms with Crippen LogP contribution in [0.3, 0.4) is 0 Å². The molecule has 5 nitrogen and oxygen atoms in total. The molecule has 0 aliphatic carbocycles. The van der Waals surface area contributed by atoms with Crippen molar-refractivity contribution >= 4 is 5.91 Å². The highest BCUT2D eigenvalue weighted by molar-refractivity contribution is 5.90. The van der Waals surface area contributed by atoms with Crippen LogP contribution < -0.4 is 11.1 Å². The first-order valence-electron chi connectivity index (χ1n) is 12.1. The van der Waals surface area contributed by atoms with Gasteiger partial charge in [0, 0.05) is 36.8 Å². The van der Waals surface area contributed by atoms with E-state index in [-0.39, 0.29) is 29.1 Å². The van der Waals surface area contributed by atoms with Crippen molar-refractivity contribution in [2.24, 2.45) is 5.73 Å². The van der Waals surface area contributed by atoms with Crippen molar-refractivity contribution in [2.45, 2.75) is 50.2 Å². The van der Waals surface area contributed by atoms with Crippen LogP contribution in [0, 0.1) is 5.82 Å². The fourth-order valence-electron chi connectivity index (χ4n) is 5.01. The highest BCUT2D eigenvalue weighted by Crippen LogP contribution is 2.40. The van der Waals surface area contributed by atoms with Crippen LogP contribution in [0.2, 0.25) is 0 Å². The normalized spacial score (nSPS) is 15.1. The van der Waals surface area contributed by atoms with Gasteiger partial charge >= 0.3 is 0 Å². The van der Waals surface area contributed by atoms with Crippen LogP contribution in [0.25, 0.3) is 0 Å². The SMILES string of the molecule is CC(C)(CCC(C(N)=O)(c1ccccc1)c1ccccc1)N1CC(NCc2cc(F)ccc2O)C1. The quantitative estimate of drug-likeness (QED) is 0.408. The summed E-state index contributed by atoms with van der Waals surface area (Å²) in [5, 5.41) is 13.3. The summed E-state index contributed by atoms with van der Waals surface area (Å²) in [7, 11) is 0. The molecule has 1 fully saturated rings. The lowest BCUT2D eigenvalue weighted by molar-refractivity contribution is -0.122. The second kappa shape index (κ2) is 10.2. The first-order chi connectivity index (χ1) is 16.7. The first kappa shape index (κ1) is 24.9. The van der Waals surface area contributed by atoms with E-state index in [1.165, 1.54) is 18.2 Å². The third-order valence-corrected chi connectivity index (χ3v) is 7.43. The van der Waals surface area contributed by atoms with Gasteiger partial charge < -0.3 is 16.2 Å². The molecule has 0 saturated carbocycles. The Morgan fingerprint density at radius 3 is 2.11 bits per heavy atom. The molecule has 0 unspecified atom stereocenters. The molecule has 3 aromatic carbocycles. The minimum Gasteiger partial charge on any atom is -0.508 e. The summed E-state index contributed by atoms with van der Waals surface area (Å²) in [5.74, 6) is -0.602. The number of phenolic OH excluding ortho intramolecular Hbond substituents is 1. The number of carbonyl (C=O) groups is 1. The van der Waals surface area contributed by atoms with Crippen molar-refractivity contribution in [2.75, 3.05) is 13.1 Å². The minimum atomic E-state index is -0.906. The summed E-state index contributed by atoms with van der Waals surface area (Å²) in [6.45, 7) is 6.48. The zero-order valence-electron chi connectivity index (χ0n) is 20.4. The van der Waals surface area contributed by atoms with Crippen molar-refractivity contribution < 1.29 is 14.3 Å². The number of amides is 1. The Bertz CT molecular complexity index is 1110. The average molecular weight is 476 g/mol. The van der Waals surface area contributed by atoms with E-state index in [4.69, 9.17) is 5.73 Å². The summed E-state index contributed by atoms with van der Waals surface area (Å²) in [6, 6.07) is 23.9. The number of hydrogen-bond donors (Lipinski definition) is 3. The van der Waals surface area contributed by atoms with Crippen molar-refractivity contribution in [3.8, 4) is 5.75 Å². The molecule has 1 saturated heterocycles. The molecule has 1 aliphatic heterocycles. The van der Waals surface area contributed by atoms with Crippen LogP contribution in [0.4, 0.5) is 4.39 Å². The number of hydrogen-bond acceptors (Lipinski definition) is 4. The molecule has 35 heavy (non-hydrogen) atoms. The van der Waals surface area contributed by atoms with E-state index in [1.54, 1.807) is 0 Å². The molecule has 4 rings (SSSR count). The lowest BCUT2D eigenvalue weighted by atomic mass is 9.69. The maximum absolute atomic E-state index is 13.5. The highest BCUT2D eigenvalue weighted by atomic mass is 19.1. The lowest BCUT2D eigenvalue weighted by Gasteiger charge is -2.50. The summed E-state index contributed by atoms with van der Waals surface area (Å²) < 4.78 is 13.5. The van der Waals surface area contributed by atoms with Gasteiger partial charge in [-0.3, -0.25) is 9.69 Å². The molecular formula is C29H34FN3O2. The van der Waals surface area contributed by atoms with E-state index >= 15 is 0 Å². The number of likely N-dealkylation sites (tertiary alicyclic amines) is 1. The Hall–Kier alpha value is -3.22. The van der Waals surface area contributed by atoms with Crippen molar-refractivity contribution in [3.63, 3.8) is 0 Å². The van der Waals surface area contributed by atoms with Crippen LogP contribution in [-0.2, 0) is 16.8 Å². The topological polar surface area (TPSA) is 78.6 Å². The van der Waals surface area contributed by atoms with E-state index in [9.17, 15) is 14.3 Å². The molecule has 6 heteroatoms. The van der Waals surface area contributed by atoms with Crippen LogP contribution in [0.1, 0.15) is 43.4 Å². The Labute approximate surface area is 206 Å². The number of benzene rings is 3. The zero-order valence-corrected chi connectivity index (χ0v) is 20.4. The number of rotatable bonds is 10. The number of primary amides is 1. The van der Waals surface area contributed by atoms with Gasteiger partial charge in [-0.1, -0.05) is 60.7 Å². The molecule has 1 aliphatic rings. The number of nitrogens with two attached hydrogens (primary N) is 1. The fraction of sp³-hybridized carbons (Fsp3) is 0.345. The highest BCUT2D eigenvalue weighted by Gasteiger charge is 2.44. The molecule has 3 aromatic rings. The largest absolute Gasteiger partial charge is 0.508 e. The molecule has 0 aromatic heterocycles. The number of aromatic hydroxyl groups is 1. The van der Waals surface area contributed by atoms with E-state index in [1.807, 2.05) is 60.7 Å². The van der Waals surface area contributed by atoms with Gasteiger partial charge in [0.1, 0.15) is 11.6 Å². The standard InChI is InChI=1S/C29H34FN3O2/c1-28(2,33-19-25(20-33)32-18-21-17-24(30)13-14-26(21)34)15-16-29(27(31)35,22-9-5-3-6-10-22)23-11-7-4-8-12-23/h3-14,17,25,32,34H,15-16,18-20H2,1-2H3,(H2,31,35). The monoisotopic (exact) mass is 475 g/mol. The van der Waals surface area contributed by atoms with Gasteiger partial charge in [0.25, 0.3) is 0 Å². The average Bonchev–Trinajstić information content (AvgIpc) is 2.81. The van der Waals surface area contributed by atoms with Gasteiger partial charge in [0.05, 0.1) is 5.41 Å². The van der Waals surface area contributed by atoms with Crippen LogP contribution in [-0.4, -0.2) is 40.6 Å². The maximum Gasteiger partial charge on any atom is 0.232 e. The Morgan fingerprint density at radius 1 is 1.00 bits per heavy atom. The van der Waals surface area contributed by atoms with E-state index in [2.05, 4.69) is 24.1 Å². The van der Waals surface area contributed by atoms with E-state index in [0.717, 1.165) is 30.6 Å². The number of phenols is 1. The second-order valence-corrected chi connectivity index (χ2v) is 10.1. The van der Waals surface area contributed by atoms with Gasteiger partial charge in [-0.25, -0.2) is 4.39 Å². The Kier molecular flexibility index (Phi) is 7.24. The third kappa shape index (κ3) is 5.24. The predicted octanol–water partition coefficient (Wildman–Crippen LogP) is 4.34. The molecule has 184 valence electrons. The number of halogens is 1. The zero-order chi connectivity index (χ0) is 25.1. The number of nitrogens with one attached hydrogen (secondary N) is 1. The molecule has 0 atom stereocenters. The van der Waals surface area contributed by atoms with Crippen LogP contribution >= 0.6 is 0 Å². The smallest absolute Gasteiger partial charge is 0.232 e. The molecule has 4 N–H and O–H groups in total. The van der Waals surface area contributed by atoms with Gasteiger partial charge in [0.15, 0.2) is 0 Å². The van der Waals surface area contributed by atoms with Gasteiger partial charge in [-0.2, -0.15) is 0 Å². The number of nitrogens with zero attached hydrogens (tertiary/aromatic N) is 1. The summed E-state index contributed by atoms with van der Waals surface area (Å²) >= 11 is 0. The van der Waals surface area contributed by atoms with Crippen LogP contribution in [0.15, 0.2) is 78.9 Å². The van der Waals surface area contributed by atoms with E-state index < -0.39 is 5.41 Å². The molecule has 1 heterocycles. The Morgan fingerprint density at radius 2 is 1.57 bits per heavy atom. The molecule has 0 spiro atoms. The second-order valence-electron chi connectivity index (χ2n) is 10.1. The first-order valence-corrected chi connectivity index (χ1v) is 12.1. The summed E-state index contributed by atoms with van der Waals surface area (Å²) in [4.78, 5) is 15.5. The fourth-order valence-corrected chi connectivity index (χ4v) is 5.01. The molecular weight excluding hydrogens is 441 g/mol. The van der Waals surface area contributed by atoms with Gasteiger partial charge in [-0.05, 0) is 56.0 Å². The van der Waals surface area contributed by atoms with Crippen LogP contribution in [0.5, 0.6) is 5.75 Å². The molecule has 0 radical (unpaired) electrons. The summed E-state index contributed by atoms with van der Waals surface area (Å²) in [5.41, 5.74) is 7.44.